The minimum absolute atomic E-state index is 0.138. The van der Waals surface area contributed by atoms with Crippen molar-refractivity contribution in [2.45, 2.75) is 39.7 Å². The summed E-state index contributed by atoms with van der Waals surface area (Å²) in [6.45, 7) is 4.81. The normalized spacial score (nSPS) is 24.9. The lowest BCUT2D eigenvalue weighted by atomic mass is 9.92. The molecule has 1 heterocycles. The average Bonchev–Trinajstić information content (AvgIpc) is 2.83. The molecule has 0 aromatic carbocycles. The lowest BCUT2D eigenvalue weighted by molar-refractivity contribution is 0.0886. The van der Waals surface area contributed by atoms with Gasteiger partial charge < -0.3 is 0 Å². The first-order valence-electron chi connectivity index (χ1n) is 5.90. The van der Waals surface area contributed by atoms with Crippen LogP contribution in [0.25, 0.3) is 0 Å². The van der Waals surface area contributed by atoms with E-state index >= 15 is 0 Å². The Kier molecular flexibility index (Phi) is 3.33. The number of ketones is 1. The van der Waals surface area contributed by atoms with Crippen molar-refractivity contribution >= 4 is 17.4 Å². The summed E-state index contributed by atoms with van der Waals surface area (Å²) in [6, 6.07) is 0. The summed E-state index contributed by atoms with van der Waals surface area (Å²) >= 11 is 6.04. The van der Waals surface area contributed by atoms with Crippen molar-refractivity contribution in [3.8, 4) is 0 Å². The van der Waals surface area contributed by atoms with Crippen LogP contribution in [0.4, 0.5) is 0 Å². The Morgan fingerprint density at radius 3 is 2.94 bits per heavy atom. The van der Waals surface area contributed by atoms with Crippen LogP contribution in [0.15, 0.2) is 6.20 Å². The fourth-order valence-electron chi connectivity index (χ4n) is 2.56. The van der Waals surface area contributed by atoms with Crippen molar-refractivity contribution in [1.29, 1.82) is 0 Å². The molecule has 16 heavy (non-hydrogen) atoms. The van der Waals surface area contributed by atoms with Crippen LogP contribution in [0.1, 0.15) is 43.6 Å². The van der Waals surface area contributed by atoms with Crippen LogP contribution in [0.5, 0.6) is 0 Å². The topological polar surface area (TPSA) is 34.9 Å². The quantitative estimate of drug-likeness (QED) is 0.761. The van der Waals surface area contributed by atoms with Crippen LogP contribution in [0.3, 0.4) is 0 Å². The first-order chi connectivity index (χ1) is 7.65. The van der Waals surface area contributed by atoms with E-state index in [4.69, 9.17) is 11.6 Å². The van der Waals surface area contributed by atoms with Gasteiger partial charge >= 0.3 is 0 Å². The van der Waals surface area contributed by atoms with E-state index in [-0.39, 0.29) is 11.7 Å². The van der Waals surface area contributed by atoms with Gasteiger partial charge in [-0.25, -0.2) is 0 Å². The Hall–Kier alpha value is -0.830. The second-order valence-electron chi connectivity index (χ2n) is 4.54. The minimum atomic E-state index is 0.138. The predicted octanol–water partition coefficient (Wildman–Crippen LogP) is 3.18. The van der Waals surface area contributed by atoms with Crippen LogP contribution in [0, 0.1) is 11.8 Å². The summed E-state index contributed by atoms with van der Waals surface area (Å²) in [7, 11) is 0. The summed E-state index contributed by atoms with van der Waals surface area (Å²) < 4.78 is 1.70. The summed E-state index contributed by atoms with van der Waals surface area (Å²) in [5.41, 5.74) is 0.600. The molecule has 1 fully saturated rings. The molecule has 88 valence electrons. The van der Waals surface area contributed by atoms with E-state index < -0.39 is 0 Å². The number of hydrogen-bond donors (Lipinski definition) is 0. The first kappa shape index (κ1) is 11.6. The predicted molar refractivity (Wildman–Crippen MR) is 63.7 cm³/mol. The smallest absolute Gasteiger partial charge is 0.185 e. The van der Waals surface area contributed by atoms with Gasteiger partial charge in [-0.2, -0.15) is 5.10 Å². The zero-order valence-electron chi connectivity index (χ0n) is 9.74. The minimum Gasteiger partial charge on any atom is -0.292 e. The average molecular weight is 241 g/mol. The lowest BCUT2D eigenvalue weighted by Crippen LogP contribution is -2.21. The summed E-state index contributed by atoms with van der Waals surface area (Å²) in [4.78, 5) is 12.4. The van der Waals surface area contributed by atoms with Gasteiger partial charge in [0.25, 0.3) is 0 Å². The van der Waals surface area contributed by atoms with Gasteiger partial charge in [-0.1, -0.05) is 24.9 Å². The summed E-state index contributed by atoms with van der Waals surface area (Å²) in [6.07, 6.45) is 4.85. The maximum atomic E-state index is 12.4. The molecule has 0 saturated heterocycles. The highest BCUT2D eigenvalue weighted by Crippen LogP contribution is 2.34. The molecule has 1 aliphatic rings. The second kappa shape index (κ2) is 4.58. The molecule has 0 amide bonds. The number of halogens is 1. The zero-order chi connectivity index (χ0) is 11.7. The fourth-order valence-corrected chi connectivity index (χ4v) is 2.79. The lowest BCUT2D eigenvalue weighted by Gasteiger charge is -2.14. The standard InChI is InChI=1S/C12H17ClN2O/c1-3-15-11(10(13)7-14-15)12(16)9-6-4-5-8(9)2/h7-9H,3-6H2,1-2H3. The van der Waals surface area contributed by atoms with E-state index in [1.807, 2.05) is 6.92 Å². The highest BCUT2D eigenvalue weighted by Gasteiger charge is 2.33. The second-order valence-corrected chi connectivity index (χ2v) is 4.94. The van der Waals surface area contributed by atoms with Gasteiger partial charge in [0, 0.05) is 12.5 Å². The van der Waals surface area contributed by atoms with E-state index in [9.17, 15) is 4.79 Å². The zero-order valence-corrected chi connectivity index (χ0v) is 10.5. The molecule has 2 atom stereocenters. The number of aromatic nitrogens is 2. The van der Waals surface area contributed by atoms with Crippen molar-refractivity contribution in [2.24, 2.45) is 11.8 Å². The molecule has 1 aliphatic carbocycles. The number of carbonyl (C=O) groups excluding carboxylic acids is 1. The first-order valence-corrected chi connectivity index (χ1v) is 6.28. The van der Waals surface area contributed by atoms with Gasteiger partial charge in [0.05, 0.1) is 11.2 Å². The van der Waals surface area contributed by atoms with Crippen LogP contribution >= 0.6 is 11.6 Å². The van der Waals surface area contributed by atoms with Gasteiger partial charge in [0.15, 0.2) is 5.78 Å². The Morgan fingerprint density at radius 1 is 1.62 bits per heavy atom. The van der Waals surface area contributed by atoms with E-state index in [0.29, 0.717) is 23.2 Å². The SMILES string of the molecule is CCn1ncc(Cl)c1C(=O)C1CCCC1C. The third-order valence-corrected chi connectivity index (χ3v) is 3.80. The molecule has 2 rings (SSSR count). The van der Waals surface area contributed by atoms with E-state index in [0.717, 1.165) is 19.3 Å². The van der Waals surface area contributed by atoms with Crippen molar-refractivity contribution in [1.82, 2.24) is 9.78 Å². The van der Waals surface area contributed by atoms with E-state index in [1.54, 1.807) is 10.9 Å². The molecule has 0 radical (unpaired) electrons. The van der Waals surface area contributed by atoms with E-state index in [2.05, 4.69) is 12.0 Å². The Morgan fingerprint density at radius 2 is 2.38 bits per heavy atom. The molecule has 3 nitrogen and oxygen atoms in total. The molecule has 2 unspecified atom stereocenters. The number of rotatable bonds is 3. The number of hydrogen-bond acceptors (Lipinski definition) is 2. The molecule has 0 aliphatic heterocycles. The van der Waals surface area contributed by atoms with Gasteiger partial charge in [0.2, 0.25) is 0 Å². The molecule has 1 saturated carbocycles. The van der Waals surface area contributed by atoms with Gasteiger partial charge in [-0.3, -0.25) is 9.48 Å². The van der Waals surface area contributed by atoms with Crippen LogP contribution in [-0.4, -0.2) is 15.6 Å². The number of aryl methyl sites for hydroxylation is 1. The highest BCUT2D eigenvalue weighted by molar-refractivity contribution is 6.33. The van der Waals surface area contributed by atoms with Crippen LogP contribution in [0.2, 0.25) is 5.02 Å². The largest absolute Gasteiger partial charge is 0.292 e. The number of carbonyl (C=O) groups is 1. The van der Waals surface area contributed by atoms with Gasteiger partial charge in [-0.05, 0) is 25.7 Å². The molecule has 4 heteroatoms. The summed E-state index contributed by atoms with van der Waals surface area (Å²) in [5, 5.41) is 4.61. The molecular formula is C12H17ClN2O. The van der Waals surface area contributed by atoms with E-state index in [1.165, 1.54) is 0 Å². The van der Waals surface area contributed by atoms with Gasteiger partial charge in [-0.15, -0.1) is 0 Å². The van der Waals surface area contributed by atoms with Crippen molar-refractivity contribution < 1.29 is 4.79 Å². The maximum absolute atomic E-state index is 12.4. The van der Waals surface area contributed by atoms with Gasteiger partial charge in [0.1, 0.15) is 5.69 Å². The maximum Gasteiger partial charge on any atom is 0.185 e. The highest BCUT2D eigenvalue weighted by atomic mass is 35.5. The van der Waals surface area contributed by atoms with Crippen LogP contribution in [-0.2, 0) is 6.54 Å². The van der Waals surface area contributed by atoms with Crippen molar-refractivity contribution in [3.05, 3.63) is 16.9 Å². The molecule has 1 aromatic heterocycles. The third kappa shape index (κ3) is 1.88. The number of Topliss-reactive ketones (excluding diaryl/α,β-unsaturated/α-hetero) is 1. The monoisotopic (exact) mass is 240 g/mol. The third-order valence-electron chi connectivity index (χ3n) is 3.53. The molecule has 0 N–H and O–H groups in total. The Bertz CT molecular complexity index is 400. The molecule has 1 aromatic rings. The number of nitrogens with zero attached hydrogens (tertiary/aromatic N) is 2. The van der Waals surface area contributed by atoms with Crippen molar-refractivity contribution in [2.75, 3.05) is 0 Å². The van der Waals surface area contributed by atoms with Crippen molar-refractivity contribution in [3.63, 3.8) is 0 Å². The fraction of sp³-hybridized carbons (Fsp3) is 0.667. The molecular weight excluding hydrogens is 224 g/mol. The van der Waals surface area contributed by atoms with Crippen LogP contribution < -0.4 is 0 Å². The summed E-state index contributed by atoms with van der Waals surface area (Å²) in [5.74, 6) is 0.789. The molecule has 0 bridgehead atoms. The Labute approximate surface area is 101 Å². The Balaban J connectivity index is 2.29. The molecule has 0 spiro atoms.